The van der Waals surface area contributed by atoms with Gasteiger partial charge in [-0.3, -0.25) is 0 Å². The van der Waals surface area contributed by atoms with Crippen LogP contribution in [0.3, 0.4) is 0 Å². The highest BCUT2D eigenvalue weighted by Gasteiger charge is 2.50. The van der Waals surface area contributed by atoms with Gasteiger partial charge in [0.15, 0.2) is 5.82 Å². The first-order valence-corrected chi connectivity index (χ1v) is 21.4. The van der Waals surface area contributed by atoms with Crippen LogP contribution in [0.25, 0.3) is 73.4 Å². The van der Waals surface area contributed by atoms with E-state index in [4.69, 9.17) is 9.97 Å². The Labute approximate surface area is 354 Å². The van der Waals surface area contributed by atoms with Crippen molar-refractivity contribution in [3.63, 3.8) is 0 Å². The zero-order valence-electron chi connectivity index (χ0n) is 32.6. The smallest absolute Gasteiger partial charge is 0.160 e. The number of fused-ring (bicyclic) bond motifs is 10. The van der Waals surface area contributed by atoms with Crippen molar-refractivity contribution in [2.24, 2.45) is 0 Å². The fourth-order valence-electron chi connectivity index (χ4n) is 9.74. The van der Waals surface area contributed by atoms with Crippen LogP contribution in [0.2, 0.25) is 0 Å². The minimum atomic E-state index is -0.500. The summed E-state index contributed by atoms with van der Waals surface area (Å²) in [5, 5.41) is 3.76. The van der Waals surface area contributed by atoms with Gasteiger partial charge in [-0.2, -0.15) is 0 Å². The van der Waals surface area contributed by atoms with E-state index in [-0.39, 0.29) is 0 Å². The Balaban J connectivity index is 1.07. The van der Waals surface area contributed by atoms with Crippen molar-refractivity contribution in [1.29, 1.82) is 0 Å². The van der Waals surface area contributed by atoms with Gasteiger partial charge in [-0.05, 0) is 68.3 Å². The lowest BCUT2D eigenvalue weighted by molar-refractivity contribution is 0.723. The van der Waals surface area contributed by atoms with Crippen molar-refractivity contribution < 1.29 is 0 Å². The first-order chi connectivity index (χ1) is 29.7. The van der Waals surface area contributed by atoms with Crippen molar-refractivity contribution in [3.8, 4) is 67.3 Å². The summed E-state index contributed by atoms with van der Waals surface area (Å²) in [7, 11) is 0. The van der Waals surface area contributed by atoms with Gasteiger partial charge in [0.25, 0.3) is 0 Å². The minimum absolute atomic E-state index is 0.500. The second-order valence-corrected chi connectivity index (χ2v) is 16.7. The molecule has 9 aromatic rings. The highest BCUT2D eigenvalue weighted by molar-refractivity contribution is 7.99. The number of hydrogen-bond acceptors (Lipinski definition) is 4. The Morgan fingerprint density at radius 3 is 1.55 bits per heavy atom. The molecule has 0 bridgehead atoms. The van der Waals surface area contributed by atoms with Gasteiger partial charge in [-0.15, -0.1) is 0 Å². The summed E-state index contributed by atoms with van der Waals surface area (Å²) in [5.74, 6) is 0.712. The Morgan fingerprint density at radius 1 is 0.417 bits per heavy atom. The average molecular weight is 784 g/mol. The second kappa shape index (κ2) is 13.9. The summed E-state index contributed by atoms with van der Waals surface area (Å²) >= 11 is 1.86. The summed E-state index contributed by atoms with van der Waals surface area (Å²) in [6.07, 6.45) is 4.50. The zero-order valence-corrected chi connectivity index (χ0v) is 33.5. The van der Waals surface area contributed by atoms with Gasteiger partial charge in [0, 0.05) is 44.2 Å². The Kier molecular flexibility index (Phi) is 8.07. The van der Waals surface area contributed by atoms with Crippen LogP contribution in [0.5, 0.6) is 0 Å². The largest absolute Gasteiger partial charge is 0.381 e. The molecule has 1 spiro atoms. The lowest BCUT2D eigenvalue weighted by Crippen LogP contribution is -2.32. The molecule has 12 rings (SSSR count). The van der Waals surface area contributed by atoms with Crippen molar-refractivity contribution >= 4 is 23.5 Å². The van der Waals surface area contributed by atoms with Crippen molar-refractivity contribution in [2.45, 2.75) is 15.2 Å². The molecule has 8 aromatic carbocycles. The van der Waals surface area contributed by atoms with Crippen LogP contribution in [0.4, 0.5) is 5.69 Å². The minimum Gasteiger partial charge on any atom is -0.381 e. The third kappa shape index (κ3) is 5.38. The van der Waals surface area contributed by atoms with E-state index in [1.807, 2.05) is 23.9 Å². The molecule has 0 saturated carbocycles. The van der Waals surface area contributed by atoms with E-state index in [9.17, 15) is 0 Å². The third-order valence-electron chi connectivity index (χ3n) is 12.4. The number of rotatable bonds is 5. The molecule has 1 N–H and O–H groups in total. The number of hydrogen-bond donors (Lipinski definition) is 1. The summed E-state index contributed by atoms with van der Waals surface area (Å²) in [4.78, 5) is 12.9. The van der Waals surface area contributed by atoms with Crippen LogP contribution in [-0.4, -0.2) is 16.5 Å². The molecular formula is C56H37N3S. The quantitative estimate of drug-likeness (QED) is 0.189. The molecular weight excluding hydrogens is 747 g/mol. The molecule has 1 aromatic heterocycles. The summed E-state index contributed by atoms with van der Waals surface area (Å²) in [6, 6.07) is 70.3. The molecule has 0 unspecified atom stereocenters. The number of benzene rings is 8. The second-order valence-electron chi connectivity index (χ2n) is 15.7. The first-order valence-electron chi connectivity index (χ1n) is 20.5. The van der Waals surface area contributed by atoms with Gasteiger partial charge in [0.2, 0.25) is 0 Å². The van der Waals surface area contributed by atoms with Crippen LogP contribution in [0, 0.1) is 0 Å². The fraction of sp³-hybridized carbons (Fsp3) is 0.0357. The molecule has 0 radical (unpaired) electrons. The lowest BCUT2D eigenvalue weighted by Gasteiger charge is -2.40. The number of aromatic nitrogens is 2. The lowest BCUT2D eigenvalue weighted by atomic mass is 9.67. The van der Waals surface area contributed by atoms with Crippen molar-refractivity contribution in [2.75, 3.05) is 11.9 Å². The van der Waals surface area contributed by atoms with E-state index in [2.05, 4.69) is 199 Å². The highest BCUT2D eigenvalue weighted by atomic mass is 32.2. The molecule has 2 aliphatic heterocycles. The van der Waals surface area contributed by atoms with Crippen LogP contribution in [-0.2, 0) is 5.41 Å². The van der Waals surface area contributed by atoms with E-state index in [0.29, 0.717) is 5.82 Å². The molecule has 282 valence electrons. The maximum absolute atomic E-state index is 5.24. The SMILES string of the molecule is C1=Cc2c(-c3ccccc3)ccc(-c3ccc4c(c3)Sc3cc(-c5nc(-c6ccccc6)cc(-c6ccccc6)n5)ccc3C43c4ccccc4-c4ccccc43)c2NC1. The maximum atomic E-state index is 5.24. The normalized spacial score (nSPS) is 13.7. The molecule has 4 heteroatoms. The Morgan fingerprint density at radius 2 is 0.933 bits per heavy atom. The van der Waals surface area contributed by atoms with Gasteiger partial charge < -0.3 is 5.32 Å². The molecule has 0 fully saturated rings. The molecule has 3 aliphatic rings. The molecule has 0 atom stereocenters. The van der Waals surface area contributed by atoms with Gasteiger partial charge >= 0.3 is 0 Å². The van der Waals surface area contributed by atoms with Gasteiger partial charge in [-0.25, -0.2) is 9.97 Å². The molecule has 3 heterocycles. The van der Waals surface area contributed by atoms with Crippen molar-refractivity contribution in [3.05, 3.63) is 228 Å². The predicted octanol–water partition coefficient (Wildman–Crippen LogP) is 14.1. The predicted molar refractivity (Wildman–Crippen MR) is 248 cm³/mol. The van der Waals surface area contributed by atoms with Crippen molar-refractivity contribution in [1.82, 2.24) is 9.97 Å². The molecule has 0 amide bonds. The van der Waals surface area contributed by atoms with E-state index in [1.54, 1.807) is 0 Å². The van der Waals surface area contributed by atoms with Gasteiger partial charge in [0.05, 0.1) is 22.5 Å². The molecule has 0 saturated heterocycles. The summed E-state index contributed by atoms with van der Waals surface area (Å²) in [6.45, 7) is 0.796. The molecule has 3 nitrogen and oxygen atoms in total. The first kappa shape index (κ1) is 34.7. The van der Waals surface area contributed by atoms with E-state index < -0.39 is 5.41 Å². The van der Waals surface area contributed by atoms with E-state index >= 15 is 0 Å². The molecule has 1 aliphatic carbocycles. The number of nitrogens with zero attached hydrogens (tertiary/aromatic N) is 2. The monoisotopic (exact) mass is 783 g/mol. The topological polar surface area (TPSA) is 37.8 Å². The maximum Gasteiger partial charge on any atom is 0.160 e. The van der Waals surface area contributed by atoms with E-state index in [1.165, 1.54) is 76.7 Å². The summed E-state index contributed by atoms with van der Waals surface area (Å²) in [5.41, 5.74) is 19.5. The van der Waals surface area contributed by atoms with E-state index in [0.717, 1.165) is 34.6 Å². The van der Waals surface area contributed by atoms with Crippen LogP contribution < -0.4 is 5.32 Å². The highest BCUT2D eigenvalue weighted by Crippen LogP contribution is 2.62. The average Bonchev–Trinajstić information content (AvgIpc) is 3.62. The number of nitrogens with one attached hydrogen (secondary N) is 1. The van der Waals surface area contributed by atoms with Gasteiger partial charge in [-0.1, -0.05) is 200 Å². The molecule has 60 heavy (non-hydrogen) atoms. The Hall–Kier alpha value is -7.27. The van der Waals surface area contributed by atoms with Crippen LogP contribution >= 0.6 is 11.8 Å². The summed E-state index contributed by atoms with van der Waals surface area (Å²) < 4.78 is 0. The third-order valence-corrected chi connectivity index (χ3v) is 13.5. The van der Waals surface area contributed by atoms with Crippen LogP contribution in [0.1, 0.15) is 27.8 Å². The van der Waals surface area contributed by atoms with Gasteiger partial charge in [0.1, 0.15) is 0 Å². The standard InChI is InChI=1S/C56H37N3S/c1-4-15-36(16-5-1)41-28-29-42(54-45(41)23-14-32-57-54)39-26-30-48-52(33-39)60-53-34-40(27-31-49(53)56(48)46-24-12-10-21-43(46)44-22-11-13-25-47(44)56)55-58-50(37-17-6-2-7-18-37)35-51(59-55)38-19-8-3-9-20-38/h1-31,33-35,57H,32H2. The zero-order chi connectivity index (χ0) is 39.6. The van der Waals surface area contributed by atoms with Crippen LogP contribution in [0.15, 0.2) is 210 Å². The fourth-order valence-corrected chi connectivity index (χ4v) is 11.0. The number of anilines is 1. The Bertz CT molecular complexity index is 3070.